The van der Waals surface area contributed by atoms with Gasteiger partial charge in [0, 0.05) is 12.7 Å². The van der Waals surface area contributed by atoms with Crippen molar-refractivity contribution in [2.45, 2.75) is 20.1 Å². The molecule has 0 aliphatic heterocycles. The molecule has 0 aliphatic rings. The van der Waals surface area contributed by atoms with Gasteiger partial charge < -0.3 is 10.5 Å². The van der Waals surface area contributed by atoms with Crippen LogP contribution in [0.2, 0.25) is 0 Å². The predicted octanol–water partition coefficient (Wildman–Crippen LogP) is 2.49. The van der Waals surface area contributed by atoms with E-state index in [-0.39, 0.29) is 0 Å². The highest BCUT2D eigenvalue weighted by Gasteiger charge is 2.00. The average Bonchev–Trinajstić information content (AvgIpc) is 2.73. The fourth-order valence-electron chi connectivity index (χ4n) is 1.39. The Labute approximate surface area is 98.9 Å². The molecule has 1 aromatic heterocycles. The molecule has 2 aromatic rings. The van der Waals surface area contributed by atoms with Crippen molar-refractivity contribution in [3.63, 3.8) is 0 Å². The van der Waals surface area contributed by atoms with Crippen LogP contribution in [0.1, 0.15) is 15.4 Å². The Morgan fingerprint density at radius 3 is 3.00 bits per heavy atom. The van der Waals surface area contributed by atoms with Gasteiger partial charge in [0.05, 0.1) is 9.88 Å². The molecular weight excluding hydrogens is 220 g/mol. The standard InChI is InChI=1S/C12H14N2OS/c1-9-14-7-12(16-9)8-15-11-4-2-3-10(5-11)6-13/h2-5,7H,6,8,13H2,1H3. The number of benzene rings is 1. The van der Waals surface area contributed by atoms with Gasteiger partial charge in [-0.15, -0.1) is 11.3 Å². The van der Waals surface area contributed by atoms with E-state index in [4.69, 9.17) is 10.5 Å². The monoisotopic (exact) mass is 234 g/mol. The average molecular weight is 234 g/mol. The third-order valence-electron chi connectivity index (χ3n) is 2.18. The van der Waals surface area contributed by atoms with E-state index in [1.165, 1.54) is 0 Å². The SMILES string of the molecule is Cc1ncc(COc2cccc(CN)c2)s1. The number of nitrogens with two attached hydrogens (primary N) is 1. The molecule has 4 heteroatoms. The van der Waals surface area contributed by atoms with Gasteiger partial charge in [-0.1, -0.05) is 12.1 Å². The maximum absolute atomic E-state index is 5.66. The first-order valence-electron chi connectivity index (χ1n) is 5.11. The minimum Gasteiger partial charge on any atom is -0.488 e. The van der Waals surface area contributed by atoms with Gasteiger partial charge in [-0.2, -0.15) is 0 Å². The number of hydrogen-bond acceptors (Lipinski definition) is 4. The smallest absolute Gasteiger partial charge is 0.124 e. The Bertz CT molecular complexity index is 468. The maximum atomic E-state index is 5.66. The largest absolute Gasteiger partial charge is 0.488 e. The Hall–Kier alpha value is -1.39. The van der Waals surface area contributed by atoms with E-state index < -0.39 is 0 Å². The van der Waals surface area contributed by atoms with Gasteiger partial charge in [-0.3, -0.25) is 0 Å². The number of aryl methyl sites for hydroxylation is 1. The van der Waals surface area contributed by atoms with Crippen LogP contribution < -0.4 is 10.5 Å². The molecule has 0 atom stereocenters. The molecule has 1 heterocycles. The minimum absolute atomic E-state index is 0.539. The number of rotatable bonds is 4. The van der Waals surface area contributed by atoms with Crippen molar-refractivity contribution in [1.82, 2.24) is 4.98 Å². The summed E-state index contributed by atoms with van der Waals surface area (Å²) in [7, 11) is 0. The van der Waals surface area contributed by atoms with Crippen LogP contribution in [0.25, 0.3) is 0 Å². The van der Waals surface area contributed by atoms with Crippen LogP contribution in [0.5, 0.6) is 5.75 Å². The van der Waals surface area contributed by atoms with E-state index in [1.54, 1.807) is 11.3 Å². The summed E-state index contributed by atoms with van der Waals surface area (Å²) >= 11 is 1.66. The quantitative estimate of drug-likeness (QED) is 0.884. The summed E-state index contributed by atoms with van der Waals surface area (Å²) in [4.78, 5) is 5.32. The maximum Gasteiger partial charge on any atom is 0.124 e. The molecular formula is C12H14N2OS. The molecule has 0 bridgehead atoms. The number of hydrogen-bond donors (Lipinski definition) is 1. The van der Waals surface area contributed by atoms with Crippen molar-refractivity contribution in [2.75, 3.05) is 0 Å². The van der Waals surface area contributed by atoms with Gasteiger partial charge in [-0.25, -0.2) is 4.98 Å². The van der Waals surface area contributed by atoms with Gasteiger partial charge in [0.1, 0.15) is 12.4 Å². The third kappa shape index (κ3) is 2.81. The lowest BCUT2D eigenvalue weighted by atomic mass is 10.2. The van der Waals surface area contributed by atoms with E-state index >= 15 is 0 Å². The van der Waals surface area contributed by atoms with Gasteiger partial charge >= 0.3 is 0 Å². The van der Waals surface area contributed by atoms with Crippen molar-refractivity contribution >= 4 is 11.3 Å². The number of nitrogens with zero attached hydrogens (tertiary/aromatic N) is 1. The van der Waals surface area contributed by atoms with Crippen molar-refractivity contribution < 1.29 is 4.74 Å². The zero-order valence-corrected chi connectivity index (χ0v) is 9.96. The summed E-state index contributed by atoms with van der Waals surface area (Å²) in [6.07, 6.45) is 1.85. The predicted molar refractivity (Wildman–Crippen MR) is 65.5 cm³/mol. The molecule has 16 heavy (non-hydrogen) atoms. The van der Waals surface area contributed by atoms with Gasteiger partial charge in [0.25, 0.3) is 0 Å². The van der Waals surface area contributed by atoms with Gasteiger partial charge in [0.2, 0.25) is 0 Å². The summed E-state index contributed by atoms with van der Waals surface area (Å²) in [5, 5.41) is 1.06. The van der Waals surface area contributed by atoms with E-state index in [0.29, 0.717) is 13.2 Å². The molecule has 3 nitrogen and oxygen atoms in total. The Morgan fingerprint density at radius 1 is 1.44 bits per heavy atom. The Morgan fingerprint density at radius 2 is 2.31 bits per heavy atom. The summed E-state index contributed by atoms with van der Waals surface area (Å²) < 4.78 is 5.66. The fourth-order valence-corrected chi connectivity index (χ4v) is 2.10. The zero-order valence-electron chi connectivity index (χ0n) is 9.14. The lowest BCUT2D eigenvalue weighted by Crippen LogP contribution is -1.97. The van der Waals surface area contributed by atoms with E-state index in [9.17, 15) is 0 Å². The molecule has 0 saturated carbocycles. The second-order valence-corrected chi connectivity index (χ2v) is 4.81. The van der Waals surface area contributed by atoms with E-state index in [2.05, 4.69) is 4.98 Å². The summed E-state index contributed by atoms with van der Waals surface area (Å²) in [5.41, 5.74) is 6.65. The Balaban J connectivity index is 1.99. The number of ether oxygens (including phenoxy) is 1. The number of thiazole rings is 1. The highest BCUT2D eigenvalue weighted by atomic mass is 32.1. The summed E-state index contributed by atoms with van der Waals surface area (Å²) in [5.74, 6) is 0.856. The van der Waals surface area contributed by atoms with Crippen LogP contribution in [0.15, 0.2) is 30.5 Å². The second kappa shape index (κ2) is 5.09. The van der Waals surface area contributed by atoms with Crippen LogP contribution in [-0.2, 0) is 13.2 Å². The molecule has 2 N–H and O–H groups in total. The van der Waals surface area contributed by atoms with Crippen molar-refractivity contribution in [3.8, 4) is 5.75 Å². The van der Waals surface area contributed by atoms with Gasteiger partial charge in [-0.05, 0) is 24.6 Å². The van der Waals surface area contributed by atoms with Crippen molar-refractivity contribution in [3.05, 3.63) is 45.9 Å². The first-order valence-corrected chi connectivity index (χ1v) is 5.92. The van der Waals surface area contributed by atoms with Crippen molar-refractivity contribution in [2.24, 2.45) is 5.73 Å². The lowest BCUT2D eigenvalue weighted by Gasteiger charge is -2.05. The van der Waals surface area contributed by atoms with Crippen LogP contribution in [0, 0.1) is 6.92 Å². The molecule has 0 saturated heterocycles. The highest BCUT2D eigenvalue weighted by molar-refractivity contribution is 7.11. The van der Waals surface area contributed by atoms with Crippen LogP contribution in [-0.4, -0.2) is 4.98 Å². The molecule has 1 aromatic carbocycles. The summed E-state index contributed by atoms with van der Waals surface area (Å²) in [6.45, 7) is 3.10. The second-order valence-electron chi connectivity index (χ2n) is 3.49. The third-order valence-corrected chi connectivity index (χ3v) is 3.07. The molecule has 84 valence electrons. The topological polar surface area (TPSA) is 48.1 Å². The lowest BCUT2D eigenvalue weighted by molar-refractivity contribution is 0.309. The van der Waals surface area contributed by atoms with Gasteiger partial charge in [0.15, 0.2) is 0 Å². The summed E-state index contributed by atoms with van der Waals surface area (Å²) in [6, 6.07) is 7.85. The van der Waals surface area contributed by atoms with Crippen LogP contribution in [0.4, 0.5) is 0 Å². The van der Waals surface area contributed by atoms with E-state index in [1.807, 2.05) is 37.4 Å². The molecule has 2 rings (SSSR count). The first-order chi connectivity index (χ1) is 7.78. The van der Waals surface area contributed by atoms with E-state index in [0.717, 1.165) is 21.2 Å². The normalized spacial score (nSPS) is 10.4. The van der Waals surface area contributed by atoms with Crippen LogP contribution >= 0.6 is 11.3 Å². The zero-order chi connectivity index (χ0) is 11.4. The van der Waals surface area contributed by atoms with Crippen molar-refractivity contribution in [1.29, 1.82) is 0 Å². The molecule has 0 unspecified atom stereocenters. The Kier molecular flexibility index (Phi) is 3.54. The first kappa shape index (κ1) is 11.1. The van der Waals surface area contributed by atoms with Crippen LogP contribution in [0.3, 0.4) is 0 Å². The molecule has 0 amide bonds. The number of aromatic nitrogens is 1. The molecule has 0 radical (unpaired) electrons. The minimum atomic E-state index is 0.539. The fraction of sp³-hybridized carbons (Fsp3) is 0.250. The molecule has 0 fully saturated rings. The highest BCUT2D eigenvalue weighted by Crippen LogP contribution is 2.17. The molecule has 0 spiro atoms. The molecule has 0 aliphatic carbocycles.